The van der Waals surface area contributed by atoms with Gasteiger partial charge in [-0.2, -0.15) is 0 Å². The summed E-state index contributed by atoms with van der Waals surface area (Å²) in [6.07, 6.45) is 2.49. The van der Waals surface area contributed by atoms with Gasteiger partial charge < -0.3 is 11.1 Å². The molecule has 6 nitrogen and oxygen atoms in total. The minimum absolute atomic E-state index is 0.121. The van der Waals surface area contributed by atoms with Gasteiger partial charge in [0, 0.05) is 30.9 Å². The summed E-state index contributed by atoms with van der Waals surface area (Å²) in [7, 11) is 0. The summed E-state index contributed by atoms with van der Waals surface area (Å²) in [4.78, 5) is 15.6. The molecule has 2 aliphatic heterocycles. The van der Waals surface area contributed by atoms with Crippen molar-refractivity contribution in [2.24, 2.45) is 0 Å². The van der Waals surface area contributed by atoms with Crippen LogP contribution in [-0.2, 0) is 13.0 Å². The number of carbonyl (C=O) groups excluding carboxylic acids is 1. The average Bonchev–Trinajstić information content (AvgIpc) is 2.97. The molecule has 1 atom stereocenters. The molecule has 0 amide bonds. The van der Waals surface area contributed by atoms with Gasteiger partial charge in [-0.3, -0.25) is 9.69 Å². The molecule has 4 rings (SSSR count). The molecule has 0 saturated carbocycles. The molecule has 0 aliphatic carbocycles. The van der Waals surface area contributed by atoms with Crippen molar-refractivity contribution in [1.29, 1.82) is 0 Å². The Morgan fingerprint density at radius 1 is 1.46 bits per heavy atom. The molecule has 7 heteroatoms. The molecule has 2 aromatic rings. The smallest absolute Gasteiger partial charge is 0.254 e. The summed E-state index contributed by atoms with van der Waals surface area (Å²) in [6.45, 7) is 5.43. The maximum atomic E-state index is 13.8. The van der Waals surface area contributed by atoms with Crippen LogP contribution < -0.4 is 11.1 Å². The van der Waals surface area contributed by atoms with E-state index in [1.54, 1.807) is 6.07 Å². The summed E-state index contributed by atoms with van der Waals surface area (Å²) in [5, 5.41) is 7.60. The van der Waals surface area contributed by atoms with Crippen LogP contribution in [-0.4, -0.2) is 40.2 Å². The fraction of sp³-hybridized carbons (Fsp3) is 0.474. The number of carbonyl (C=O) groups is 1. The first-order valence-electron chi connectivity index (χ1n) is 9.24. The second kappa shape index (κ2) is 6.72. The van der Waals surface area contributed by atoms with E-state index >= 15 is 0 Å². The predicted molar refractivity (Wildman–Crippen MR) is 98.8 cm³/mol. The van der Waals surface area contributed by atoms with Gasteiger partial charge in [0.15, 0.2) is 0 Å². The van der Waals surface area contributed by atoms with Crippen molar-refractivity contribution in [3.05, 3.63) is 40.8 Å². The molecule has 26 heavy (non-hydrogen) atoms. The lowest BCUT2D eigenvalue weighted by Crippen LogP contribution is -2.35. The Kier molecular flexibility index (Phi) is 4.40. The Morgan fingerprint density at radius 3 is 3.12 bits per heavy atom. The van der Waals surface area contributed by atoms with E-state index in [1.165, 1.54) is 16.8 Å². The molecule has 0 fully saturated rings. The third-order valence-electron chi connectivity index (χ3n) is 5.36. The molecule has 1 aromatic carbocycles. The SMILES string of the molecule is CCCN1CCc2c(N)nn(C(=O)C3CCNc4ccc(F)cc43)c2C1. The zero-order valence-electron chi connectivity index (χ0n) is 15.0. The molecule has 3 N–H and O–H groups in total. The number of anilines is 2. The first-order valence-corrected chi connectivity index (χ1v) is 9.24. The molecule has 0 bridgehead atoms. The number of nitrogens with zero attached hydrogens (tertiary/aromatic N) is 3. The van der Waals surface area contributed by atoms with Gasteiger partial charge in [-0.05, 0) is 49.6 Å². The second-order valence-corrected chi connectivity index (χ2v) is 7.09. The van der Waals surface area contributed by atoms with Gasteiger partial charge in [0.25, 0.3) is 5.91 Å². The predicted octanol–water partition coefficient (Wildman–Crippen LogP) is 2.61. The number of nitrogen functional groups attached to an aromatic ring is 1. The number of nitrogens with two attached hydrogens (primary N) is 1. The zero-order chi connectivity index (χ0) is 18.3. The number of hydrogen-bond acceptors (Lipinski definition) is 5. The van der Waals surface area contributed by atoms with Crippen molar-refractivity contribution in [3.8, 4) is 0 Å². The normalized spacial score (nSPS) is 19.5. The lowest BCUT2D eigenvalue weighted by atomic mass is 9.90. The molecule has 1 aromatic heterocycles. The van der Waals surface area contributed by atoms with Gasteiger partial charge in [-0.25, -0.2) is 9.07 Å². The number of hydrogen-bond donors (Lipinski definition) is 2. The highest BCUT2D eigenvalue weighted by Crippen LogP contribution is 2.34. The number of fused-ring (bicyclic) bond motifs is 2. The van der Waals surface area contributed by atoms with Crippen LogP contribution in [0.3, 0.4) is 0 Å². The Hall–Kier alpha value is -2.41. The van der Waals surface area contributed by atoms with Crippen LogP contribution in [0.1, 0.15) is 47.3 Å². The molecule has 0 spiro atoms. The third-order valence-corrected chi connectivity index (χ3v) is 5.36. The van der Waals surface area contributed by atoms with Gasteiger partial charge in [0.05, 0.1) is 11.6 Å². The van der Waals surface area contributed by atoms with E-state index in [0.29, 0.717) is 30.9 Å². The maximum Gasteiger partial charge on any atom is 0.254 e. The third kappa shape index (κ3) is 2.86. The lowest BCUT2D eigenvalue weighted by Gasteiger charge is -2.29. The van der Waals surface area contributed by atoms with Crippen LogP contribution in [0.15, 0.2) is 18.2 Å². The minimum Gasteiger partial charge on any atom is -0.385 e. The van der Waals surface area contributed by atoms with E-state index in [2.05, 4.69) is 22.2 Å². The summed E-state index contributed by atoms with van der Waals surface area (Å²) in [5.41, 5.74) is 9.49. The largest absolute Gasteiger partial charge is 0.385 e. The standard InChI is InChI=1S/C19H24FN5O/c1-2-8-24-9-6-14-17(11-24)25(23-18(14)21)19(26)13-5-7-22-16-4-3-12(20)10-15(13)16/h3-4,10,13,22H,2,5-9,11H2,1H3,(H2,21,23). The van der Waals surface area contributed by atoms with Gasteiger partial charge in [-0.1, -0.05) is 6.92 Å². The molecule has 0 radical (unpaired) electrons. The van der Waals surface area contributed by atoms with Crippen molar-refractivity contribution in [2.45, 2.75) is 38.6 Å². The molecular weight excluding hydrogens is 333 g/mol. The van der Waals surface area contributed by atoms with Crippen LogP contribution in [0, 0.1) is 5.82 Å². The van der Waals surface area contributed by atoms with Crippen molar-refractivity contribution in [1.82, 2.24) is 14.7 Å². The van der Waals surface area contributed by atoms with Gasteiger partial charge in [0.2, 0.25) is 0 Å². The lowest BCUT2D eigenvalue weighted by molar-refractivity contribution is 0.0847. The highest BCUT2D eigenvalue weighted by Gasteiger charge is 2.33. The fourth-order valence-corrected chi connectivity index (χ4v) is 4.08. The van der Waals surface area contributed by atoms with E-state index in [4.69, 9.17) is 5.73 Å². The van der Waals surface area contributed by atoms with E-state index < -0.39 is 5.92 Å². The maximum absolute atomic E-state index is 13.8. The Balaban J connectivity index is 1.70. The highest BCUT2D eigenvalue weighted by molar-refractivity contribution is 5.89. The van der Waals surface area contributed by atoms with Crippen LogP contribution in [0.2, 0.25) is 0 Å². The number of aromatic nitrogens is 2. The summed E-state index contributed by atoms with van der Waals surface area (Å²) in [5.74, 6) is -0.421. The average molecular weight is 357 g/mol. The topological polar surface area (TPSA) is 76.2 Å². The van der Waals surface area contributed by atoms with E-state index in [1.807, 2.05) is 0 Å². The quantitative estimate of drug-likeness (QED) is 0.883. The second-order valence-electron chi connectivity index (χ2n) is 7.09. The Bertz CT molecular complexity index is 847. The zero-order valence-corrected chi connectivity index (χ0v) is 15.0. The Labute approximate surface area is 152 Å². The van der Waals surface area contributed by atoms with Crippen molar-refractivity contribution in [3.63, 3.8) is 0 Å². The van der Waals surface area contributed by atoms with Crippen LogP contribution in [0.25, 0.3) is 0 Å². The molecular formula is C19H24FN5O. The summed E-state index contributed by atoms with van der Waals surface area (Å²) >= 11 is 0. The van der Waals surface area contributed by atoms with Crippen LogP contribution in [0.4, 0.5) is 15.9 Å². The van der Waals surface area contributed by atoms with Crippen LogP contribution in [0.5, 0.6) is 0 Å². The van der Waals surface area contributed by atoms with E-state index in [0.717, 1.165) is 42.9 Å². The monoisotopic (exact) mass is 357 g/mol. The first kappa shape index (κ1) is 17.0. The fourth-order valence-electron chi connectivity index (χ4n) is 4.08. The van der Waals surface area contributed by atoms with Crippen molar-refractivity contribution >= 4 is 17.4 Å². The highest BCUT2D eigenvalue weighted by atomic mass is 19.1. The van der Waals surface area contributed by atoms with Gasteiger partial charge in [0.1, 0.15) is 11.6 Å². The number of nitrogens with one attached hydrogen (secondary N) is 1. The number of benzene rings is 1. The van der Waals surface area contributed by atoms with E-state index in [9.17, 15) is 9.18 Å². The molecule has 2 aliphatic rings. The molecule has 1 unspecified atom stereocenters. The van der Waals surface area contributed by atoms with Crippen molar-refractivity contribution < 1.29 is 9.18 Å². The van der Waals surface area contributed by atoms with Gasteiger partial charge >= 0.3 is 0 Å². The van der Waals surface area contributed by atoms with Crippen molar-refractivity contribution in [2.75, 3.05) is 30.7 Å². The molecule has 138 valence electrons. The number of halogens is 1. The van der Waals surface area contributed by atoms with E-state index in [-0.39, 0.29) is 11.7 Å². The summed E-state index contributed by atoms with van der Waals surface area (Å²) in [6, 6.07) is 4.56. The molecule has 3 heterocycles. The van der Waals surface area contributed by atoms with Crippen LogP contribution >= 0.6 is 0 Å². The number of rotatable bonds is 3. The summed E-state index contributed by atoms with van der Waals surface area (Å²) < 4.78 is 15.2. The molecule has 0 saturated heterocycles. The van der Waals surface area contributed by atoms with Gasteiger partial charge in [-0.15, -0.1) is 5.10 Å². The first-order chi connectivity index (χ1) is 12.6. The Morgan fingerprint density at radius 2 is 2.31 bits per heavy atom. The minimum atomic E-state index is -0.410.